The maximum atomic E-state index is 2.46. The van der Waals surface area contributed by atoms with Crippen molar-refractivity contribution in [3.8, 4) is 0 Å². The molecule has 0 radical (unpaired) electrons. The van der Waals surface area contributed by atoms with E-state index in [9.17, 15) is 0 Å². The second kappa shape index (κ2) is 9.07. The number of hydrogen-bond donors (Lipinski definition) is 0. The maximum Gasteiger partial charge on any atom is 0.0813 e. The molecule has 2 unspecified atom stereocenters. The molecule has 0 aliphatic rings. The van der Waals surface area contributed by atoms with Crippen LogP contribution in [-0.4, -0.2) is 31.7 Å². The van der Waals surface area contributed by atoms with Gasteiger partial charge in [0.25, 0.3) is 0 Å². The number of quaternary nitrogens is 1. The van der Waals surface area contributed by atoms with Gasteiger partial charge in [-0.2, -0.15) is 0 Å². The summed E-state index contributed by atoms with van der Waals surface area (Å²) in [5.74, 6) is 1.77. The van der Waals surface area contributed by atoms with Crippen molar-refractivity contribution in [3.63, 3.8) is 0 Å². The lowest BCUT2D eigenvalue weighted by Crippen LogP contribution is -2.46. The Morgan fingerprint density at radius 2 is 1.55 bits per heavy atom. The molecule has 122 valence electrons. The zero-order chi connectivity index (χ0) is 15.8. The van der Waals surface area contributed by atoms with Gasteiger partial charge in [0.2, 0.25) is 0 Å². The molecule has 0 spiro atoms. The number of hydrogen-bond acceptors (Lipinski definition) is 0. The molecule has 0 aliphatic carbocycles. The third kappa shape index (κ3) is 8.29. The summed E-state index contributed by atoms with van der Waals surface area (Å²) in [5, 5.41) is 0. The van der Waals surface area contributed by atoms with Gasteiger partial charge >= 0.3 is 0 Å². The Morgan fingerprint density at radius 3 is 2.00 bits per heavy atom. The molecule has 0 bridgehead atoms. The topological polar surface area (TPSA) is 0 Å². The van der Waals surface area contributed by atoms with E-state index < -0.39 is 0 Å². The molecule has 0 amide bonds. The van der Waals surface area contributed by atoms with E-state index >= 15 is 0 Å². The third-order valence-electron chi connectivity index (χ3n) is 5.12. The molecule has 0 heterocycles. The van der Waals surface area contributed by atoms with E-state index in [1.165, 1.54) is 56.1 Å². The molecular formula is C19H42N+. The van der Waals surface area contributed by atoms with Gasteiger partial charge in [-0.15, -0.1) is 0 Å². The first-order chi connectivity index (χ1) is 9.17. The highest BCUT2D eigenvalue weighted by Crippen LogP contribution is 2.29. The largest absolute Gasteiger partial charge is 0.328 e. The van der Waals surface area contributed by atoms with Crippen LogP contribution >= 0.6 is 0 Å². The Labute approximate surface area is 129 Å². The molecule has 0 N–H and O–H groups in total. The molecule has 2 atom stereocenters. The van der Waals surface area contributed by atoms with E-state index in [-0.39, 0.29) is 0 Å². The molecule has 0 aromatic rings. The molecule has 0 rings (SSSR count). The summed E-state index contributed by atoms with van der Waals surface area (Å²) in [7, 11) is 4.87. The highest BCUT2D eigenvalue weighted by molar-refractivity contribution is 4.69. The Balaban J connectivity index is 4.41. The van der Waals surface area contributed by atoms with E-state index in [1.807, 2.05) is 0 Å². The van der Waals surface area contributed by atoms with Crippen molar-refractivity contribution in [2.75, 3.05) is 27.2 Å². The number of nitrogens with zero attached hydrogens (tertiary/aromatic N) is 1. The molecule has 20 heavy (non-hydrogen) atoms. The van der Waals surface area contributed by atoms with Crippen molar-refractivity contribution in [2.45, 2.75) is 80.1 Å². The van der Waals surface area contributed by atoms with Gasteiger partial charge in [0.1, 0.15) is 0 Å². The predicted octanol–water partition coefficient (Wildman–Crippen LogP) is 5.74. The van der Waals surface area contributed by atoms with Crippen molar-refractivity contribution in [1.29, 1.82) is 0 Å². The van der Waals surface area contributed by atoms with E-state index in [4.69, 9.17) is 0 Å². The van der Waals surface area contributed by atoms with Crippen LogP contribution < -0.4 is 0 Å². The SMILES string of the molecule is CCCC(C)C(CC)C[N+](C)(C)CCC(C)(C)CCC. The van der Waals surface area contributed by atoms with Crippen molar-refractivity contribution in [3.05, 3.63) is 0 Å². The summed E-state index contributed by atoms with van der Waals surface area (Å²) in [6, 6.07) is 0. The lowest BCUT2D eigenvalue weighted by molar-refractivity contribution is -0.895. The first kappa shape index (κ1) is 20.0. The fourth-order valence-corrected chi connectivity index (χ4v) is 3.54. The van der Waals surface area contributed by atoms with Crippen LogP contribution in [0, 0.1) is 17.3 Å². The molecule has 1 nitrogen and oxygen atoms in total. The highest BCUT2D eigenvalue weighted by atomic mass is 15.3. The monoisotopic (exact) mass is 284 g/mol. The van der Waals surface area contributed by atoms with Gasteiger partial charge in [-0.25, -0.2) is 0 Å². The third-order valence-corrected chi connectivity index (χ3v) is 5.12. The van der Waals surface area contributed by atoms with Crippen LogP contribution in [0.3, 0.4) is 0 Å². The molecule has 0 aromatic heterocycles. The van der Waals surface area contributed by atoms with Crippen molar-refractivity contribution >= 4 is 0 Å². The zero-order valence-corrected chi connectivity index (χ0v) is 15.8. The van der Waals surface area contributed by atoms with Crippen molar-refractivity contribution in [2.24, 2.45) is 17.3 Å². The Bertz CT molecular complexity index is 242. The quantitative estimate of drug-likeness (QED) is 0.424. The smallest absolute Gasteiger partial charge is 0.0813 e. The summed E-state index contributed by atoms with van der Waals surface area (Å²) in [6.07, 6.45) is 8.07. The lowest BCUT2D eigenvalue weighted by atomic mass is 9.83. The lowest BCUT2D eigenvalue weighted by Gasteiger charge is -2.38. The van der Waals surface area contributed by atoms with Crippen LogP contribution in [0.5, 0.6) is 0 Å². The van der Waals surface area contributed by atoms with E-state index in [1.54, 1.807) is 0 Å². The number of rotatable bonds is 11. The predicted molar refractivity (Wildman–Crippen MR) is 93.0 cm³/mol. The standard InChI is InChI=1S/C19H42N/c1-9-12-17(4)18(11-3)16-20(7,8)15-14-19(5,6)13-10-2/h17-18H,9-16H2,1-8H3/q+1. The molecular weight excluding hydrogens is 242 g/mol. The van der Waals surface area contributed by atoms with Crippen LogP contribution in [0.4, 0.5) is 0 Å². The van der Waals surface area contributed by atoms with Gasteiger partial charge < -0.3 is 4.48 Å². The molecule has 0 fully saturated rings. The summed E-state index contributed by atoms with van der Waals surface area (Å²) < 4.78 is 1.19. The Hall–Kier alpha value is -0.0400. The van der Waals surface area contributed by atoms with Gasteiger partial charge in [-0.1, -0.05) is 60.8 Å². The second-order valence-corrected chi connectivity index (χ2v) is 8.44. The van der Waals surface area contributed by atoms with Gasteiger partial charge in [-0.05, 0) is 24.2 Å². The average Bonchev–Trinajstić information content (AvgIpc) is 2.34. The molecule has 1 heteroatoms. The van der Waals surface area contributed by atoms with Crippen LogP contribution in [0.15, 0.2) is 0 Å². The minimum Gasteiger partial charge on any atom is -0.328 e. The Morgan fingerprint density at radius 1 is 0.950 bits per heavy atom. The van der Waals surface area contributed by atoms with Crippen LogP contribution in [0.25, 0.3) is 0 Å². The van der Waals surface area contributed by atoms with Crippen LogP contribution in [0.1, 0.15) is 80.1 Å². The summed E-state index contributed by atoms with van der Waals surface area (Å²) in [4.78, 5) is 0. The maximum absolute atomic E-state index is 2.46. The molecule has 0 saturated carbocycles. The van der Waals surface area contributed by atoms with Crippen molar-refractivity contribution < 1.29 is 4.48 Å². The van der Waals surface area contributed by atoms with Crippen molar-refractivity contribution in [1.82, 2.24) is 0 Å². The molecule has 0 saturated heterocycles. The summed E-state index contributed by atoms with van der Waals surface area (Å²) >= 11 is 0. The summed E-state index contributed by atoms with van der Waals surface area (Å²) in [6.45, 7) is 17.0. The van der Waals surface area contributed by atoms with Crippen LogP contribution in [0.2, 0.25) is 0 Å². The first-order valence-electron chi connectivity index (χ1n) is 8.99. The van der Waals surface area contributed by atoms with Gasteiger partial charge in [0.15, 0.2) is 0 Å². The normalized spacial score (nSPS) is 16.2. The fraction of sp³-hybridized carbons (Fsp3) is 1.00. The van der Waals surface area contributed by atoms with E-state index in [0.29, 0.717) is 5.41 Å². The van der Waals surface area contributed by atoms with Gasteiger partial charge in [0.05, 0.1) is 27.2 Å². The minimum absolute atomic E-state index is 0.515. The summed E-state index contributed by atoms with van der Waals surface area (Å²) in [5.41, 5.74) is 0.515. The van der Waals surface area contributed by atoms with Crippen LogP contribution in [-0.2, 0) is 0 Å². The second-order valence-electron chi connectivity index (χ2n) is 8.44. The fourth-order valence-electron chi connectivity index (χ4n) is 3.54. The Kier molecular flexibility index (Phi) is 9.06. The average molecular weight is 285 g/mol. The molecule has 0 aliphatic heterocycles. The first-order valence-corrected chi connectivity index (χ1v) is 8.99. The minimum atomic E-state index is 0.515. The highest BCUT2D eigenvalue weighted by Gasteiger charge is 2.27. The van der Waals surface area contributed by atoms with Gasteiger partial charge in [0, 0.05) is 12.3 Å². The van der Waals surface area contributed by atoms with Gasteiger partial charge in [-0.3, -0.25) is 0 Å². The zero-order valence-electron chi connectivity index (χ0n) is 15.8. The van der Waals surface area contributed by atoms with E-state index in [0.717, 1.165) is 11.8 Å². The van der Waals surface area contributed by atoms with E-state index in [2.05, 4.69) is 55.6 Å². The molecule has 0 aromatic carbocycles.